The third kappa shape index (κ3) is 4.33. The average Bonchev–Trinajstić information content (AvgIpc) is 2.98. The average molecular weight is 277 g/mol. The Kier molecular flexibility index (Phi) is 5.36. The van der Waals surface area contributed by atoms with Crippen molar-refractivity contribution in [2.24, 2.45) is 0 Å². The lowest BCUT2D eigenvalue weighted by Gasteiger charge is -2.12. The van der Waals surface area contributed by atoms with Crippen LogP contribution in [0.3, 0.4) is 0 Å². The van der Waals surface area contributed by atoms with Crippen LogP contribution in [0.15, 0.2) is 52.0 Å². The Morgan fingerprint density at radius 3 is 2.68 bits per heavy atom. The number of benzene rings is 1. The normalized spacial score (nSPS) is 12.3. The molecule has 1 atom stereocenters. The second kappa shape index (κ2) is 7.26. The van der Waals surface area contributed by atoms with Crippen molar-refractivity contribution < 1.29 is 9.15 Å². The van der Waals surface area contributed by atoms with Crippen LogP contribution in [0.2, 0.25) is 0 Å². The Hall–Kier alpha value is -1.39. The van der Waals surface area contributed by atoms with Gasteiger partial charge in [-0.15, -0.1) is 11.8 Å². The number of furan rings is 1. The van der Waals surface area contributed by atoms with Gasteiger partial charge >= 0.3 is 0 Å². The highest BCUT2D eigenvalue weighted by molar-refractivity contribution is 7.98. The summed E-state index contributed by atoms with van der Waals surface area (Å²) in [6.07, 6.45) is 3.76. The van der Waals surface area contributed by atoms with Crippen molar-refractivity contribution in [1.82, 2.24) is 5.32 Å². The van der Waals surface area contributed by atoms with E-state index < -0.39 is 0 Å². The molecule has 2 rings (SSSR count). The van der Waals surface area contributed by atoms with Crippen LogP contribution < -0.4 is 10.1 Å². The molecule has 0 spiro atoms. The molecule has 3 nitrogen and oxygen atoms in total. The molecule has 102 valence electrons. The van der Waals surface area contributed by atoms with Crippen molar-refractivity contribution in [2.75, 3.05) is 19.4 Å². The first-order valence-electron chi connectivity index (χ1n) is 6.33. The first-order chi connectivity index (χ1) is 9.29. The Labute approximate surface area is 118 Å². The first kappa shape index (κ1) is 14.0. The van der Waals surface area contributed by atoms with Crippen molar-refractivity contribution in [3.05, 3.63) is 48.4 Å². The predicted molar refractivity (Wildman–Crippen MR) is 78.8 cm³/mol. The molecule has 1 aromatic carbocycles. The van der Waals surface area contributed by atoms with Crippen LogP contribution in [0, 0.1) is 0 Å². The van der Waals surface area contributed by atoms with Crippen LogP contribution in [0.1, 0.15) is 18.7 Å². The van der Waals surface area contributed by atoms with Gasteiger partial charge in [0, 0.05) is 11.4 Å². The molecule has 4 heteroatoms. The minimum atomic E-state index is 0.206. The number of thioether (sulfide) groups is 1. The maximum Gasteiger partial charge on any atom is 0.120 e. The summed E-state index contributed by atoms with van der Waals surface area (Å²) in [5.74, 6) is 1.86. The molecular weight excluding hydrogens is 258 g/mol. The zero-order valence-corrected chi connectivity index (χ0v) is 12.1. The van der Waals surface area contributed by atoms with E-state index in [4.69, 9.17) is 9.15 Å². The lowest BCUT2D eigenvalue weighted by Crippen LogP contribution is -2.24. The molecule has 19 heavy (non-hydrogen) atoms. The summed E-state index contributed by atoms with van der Waals surface area (Å²) in [6.45, 7) is 3.50. The van der Waals surface area contributed by atoms with E-state index in [1.807, 2.05) is 24.3 Å². The standard InChI is InChI=1S/C15H19NO2S/c1-12(15-4-3-10-18-15)16-9-11-17-13-5-7-14(19-2)8-6-13/h3-8,10,12,16H,9,11H2,1-2H3. The molecule has 0 aliphatic heterocycles. The van der Waals surface area contributed by atoms with Crippen LogP contribution >= 0.6 is 11.8 Å². The fourth-order valence-corrected chi connectivity index (χ4v) is 2.16. The lowest BCUT2D eigenvalue weighted by atomic mass is 10.2. The number of hydrogen-bond donors (Lipinski definition) is 1. The van der Waals surface area contributed by atoms with Gasteiger partial charge in [-0.2, -0.15) is 0 Å². The SMILES string of the molecule is CSc1ccc(OCCNC(C)c2ccco2)cc1. The quantitative estimate of drug-likeness (QED) is 0.617. The topological polar surface area (TPSA) is 34.4 Å². The van der Waals surface area contributed by atoms with Gasteiger partial charge in [0.25, 0.3) is 0 Å². The molecule has 0 radical (unpaired) electrons. The van der Waals surface area contributed by atoms with Gasteiger partial charge in [-0.25, -0.2) is 0 Å². The smallest absolute Gasteiger partial charge is 0.120 e. The van der Waals surface area contributed by atoms with Crippen LogP contribution in [-0.4, -0.2) is 19.4 Å². The van der Waals surface area contributed by atoms with Crippen molar-refractivity contribution in [3.8, 4) is 5.75 Å². The molecular formula is C15H19NO2S. The summed E-state index contributed by atoms with van der Waals surface area (Å²) in [4.78, 5) is 1.25. The second-order valence-electron chi connectivity index (χ2n) is 4.22. The largest absolute Gasteiger partial charge is 0.492 e. The van der Waals surface area contributed by atoms with E-state index >= 15 is 0 Å². The summed E-state index contributed by atoms with van der Waals surface area (Å²) in [6, 6.07) is 12.2. The number of hydrogen-bond acceptors (Lipinski definition) is 4. The molecule has 0 saturated heterocycles. The lowest BCUT2D eigenvalue weighted by molar-refractivity contribution is 0.301. The molecule has 0 saturated carbocycles. The number of rotatable bonds is 7. The highest BCUT2D eigenvalue weighted by Gasteiger charge is 2.06. The Morgan fingerprint density at radius 1 is 1.26 bits per heavy atom. The highest BCUT2D eigenvalue weighted by atomic mass is 32.2. The second-order valence-corrected chi connectivity index (χ2v) is 5.09. The molecule has 2 aromatic rings. The number of ether oxygens (including phenoxy) is 1. The molecule has 1 unspecified atom stereocenters. The van der Waals surface area contributed by atoms with Gasteiger partial charge < -0.3 is 14.5 Å². The van der Waals surface area contributed by atoms with Gasteiger partial charge in [-0.05, 0) is 49.6 Å². The van der Waals surface area contributed by atoms with Gasteiger partial charge in [0.1, 0.15) is 18.1 Å². The molecule has 1 N–H and O–H groups in total. The first-order valence-corrected chi connectivity index (χ1v) is 7.55. The zero-order valence-electron chi connectivity index (χ0n) is 11.3. The van der Waals surface area contributed by atoms with E-state index in [1.54, 1.807) is 18.0 Å². The maximum atomic E-state index is 5.67. The van der Waals surface area contributed by atoms with Gasteiger partial charge in [0.15, 0.2) is 0 Å². The minimum Gasteiger partial charge on any atom is -0.492 e. The van der Waals surface area contributed by atoms with Crippen molar-refractivity contribution >= 4 is 11.8 Å². The van der Waals surface area contributed by atoms with E-state index in [1.165, 1.54) is 4.90 Å². The Morgan fingerprint density at radius 2 is 2.05 bits per heavy atom. The molecule has 0 fully saturated rings. The summed E-state index contributed by atoms with van der Waals surface area (Å²) < 4.78 is 11.0. The zero-order chi connectivity index (χ0) is 13.5. The van der Waals surface area contributed by atoms with Gasteiger partial charge in [0.05, 0.1) is 12.3 Å². The molecule has 1 heterocycles. The number of nitrogens with one attached hydrogen (secondary N) is 1. The van der Waals surface area contributed by atoms with Gasteiger partial charge in [-0.3, -0.25) is 0 Å². The third-order valence-electron chi connectivity index (χ3n) is 2.85. The van der Waals surface area contributed by atoms with Crippen molar-refractivity contribution in [2.45, 2.75) is 17.9 Å². The van der Waals surface area contributed by atoms with Crippen LogP contribution in [0.4, 0.5) is 0 Å². The summed E-state index contributed by atoms with van der Waals surface area (Å²) in [5, 5.41) is 3.35. The molecule has 0 amide bonds. The Bertz CT molecular complexity index is 467. The maximum absolute atomic E-state index is 5.67. The summed E-state index contributed by atoms with van der Waals surface area (Å²) >= 11 is 1.73. The van der Waals surface area contributed by atoms with E-state index in [0.29, 0.717) is 6.61 Å². The highest BCUT2D eigenvalue weighted by Crippen LogP contribution is 2.18. The van der Waals surface area contributed by atoms with Crippen molar-refractivity contribution in [1.29, 1.82) is 0 Å². The Balaban J connectivity index is 1.68. The fraction of sp³-hybridized carbons (Fsp3) is 0.333. The van der Waals surface area contributed by atoms with Crippen LogP contribution in [-0.2, 0) is 0 Å². The van der Waals surface area contributed by atoms with Crippen LogP contribution in [0.25, 0.3) is 0 Å². The molecule has 0 bridgehead atoms. The van der Waals surface area contributed by atoms with E-state index in [0.717, 1.165) is 18.1 Å². The fourth-order valence-electron chi connectivity index (χ4n) is 1.75. The van der Waals surface area contributed by atoms with E-state index in [-0.39, 0.29) is 6.04 Å². The van der Waals surface area contributed by atoms with E-state index in [2.05, 4.69) is 30.6 Å². The van der Waals surface area contributed by atoms with Gasteiger partial charge in [-0.1, -0.05) is 0 Å². The van der Waals surface area contributed by atoms with Gasteiger partial charge in [0.2, 0.25) is 0 Å². The molecule has 0 aliphatic carbocycles. The summed E-state index contributed by atoms with van der Waals surface area (Å²) in [5.41, 5.74) is 0. The molecule has 1 aromatic heterocycles. The van der Waals surface area contributed by atoms with Crippen molar-refractivity contribution in [3.63, 3.8) is 0 Å². The molecule has 0 aliphatic rings. The van der Waals surface area contributed by atoms with Crippen LogP contribution in [0.5, 0.6) is 5.75 Å². The monoisotopic (exact) mass is 277 g/mol. The van der Waals surface area contributed by atoms with E-state index in [9.17, 15) is 0 Å². The summed E-state index contributed by atoms with van der Waals surface area (Å²) in [7, 11) is 0. The predicted octanol–water partition coefficient (Wildman–Crippen LogP) is 3.73. The third-order valence-corrected chi connectivity index (χ3v) is 3.59. The minimum absolute atomic E-state index is 0.206.